The number of fused-ring (bicyclic) bond motifs is 1. The van der Waals surface area contributed by atoms with Crippen LogP contribution in [0.15, 0.2) is 36.0 Å². The average molecular weight is 258 g/mol. The second-order valence-electron chi connectivity index (χ2n) is 3.98. The van der Waals surface area contributed by atoms with Gasteiger partial charge in [0, 0.05) is 29.0 Å². The molecule has 1 N–H and O–H groups in total. The predicted octanol–water partition coefficient (Wildman–Crippen LogP) is 3.12. The summed E-state index contributed by atoms with van der Waals surface area (Å²) in [6.45, 7) is 3.73. The van der Waals surface area contributed by atoms with E-state index >= 15 is 0 Å². The van der Waals surface area contributed by atoms with Crippen LogP contribution in [-0.2, 0) is 13.1 Å². The van der Waals surface area contributed by atoms with E-state index in [2.05, 4.69) is 33.8 Å². The number of thiophene rings is 1. The maximum Gasteiger partial charge on any atom is 0.134 e. The van der Waals surface area contributed by atoms with Crippen molar-refractivity contribution < 1.29 is 0 Å². The van der Waals surface area contributed by atoms with Gasteiger partial charge in [0.2, 0.25) is 0 Å². The molecule has 5 heteroatoms. The Bertz CT molecular complexity index is 656. The smallest absolute Gasteiger partial charge is 0.134 e. The Morgan fingerprint density at radius 2 is 2.22 bits per heavy atom. The Morgan fingerprint density at radius 3 is 3.11 bits per heavy atom. The van der Waals surface area contributed by atoms with E-state index in [9.17, 15) is 0 Å². The summed E-state index contributed by atoms with van der Waals surface area (Å²) in [7, 11) is 0. The lowest BCUT2D eigenvalue weighted by molar-refractivity contribution is 0.627. The Hall–Kier alpha value is -1.88. The topological polar surface area (TPSA) is 42.7 Å². The highest BCUT2D eigenvalue weighted by atomic mass is 32.1. The number of anilines is 1. The molecule has 0 spiro atoms. The monoisotopic (exact) mass is 258 g/mol. The minimum absolute atomic E-state index is 0.746. The van der Waals surface area contributed by atoms with Crippen LogP contribution in [0.5, 0.6) is 0 Å². The molecule has 0 aliphatic heterocycles. The number of rotatable bonds is 4. The van der Waals surface area contributed by atoms with Gasteiger partial charge in [-0.15, -0.1) is 11.3 Å². The number of nitrogens with zero attached hydrogens (tertiary/aromatic N) is 3. The zero-order valence-corrected chi connectivity index (χ0v) is 10.9. The highest BCUT2D eigenvalue weighted by Crippen LogP contribution is 2.25. The Morgan fingerprint density at radius 1 is 1.28 bits per heavy atom. The summed E-state index contributed by atoms with van der Waals surface area (Å²) >= 11 is 1.73. The molecule has 0 fully saturated rings. The number of pyridine rings is 1. The van der Waals surface area contributed by atoms with Crippen molar-refractivity contribution in [3.63, 3.8) is 0 Å². The molecule has 0 unspecified atom stereocenters. The van der Waals surface area contributed by atoms with E-state index in [0.29, 0.717) is 0 Å². The lowest BCUT2D eigenvalue weighted by atomic mass is 10.3. The predicted molar refractivity (Wildman–Crippen MR) is 74.8 cm³/mol. The van der Waals surface area contributed by atoms with E-state index in [-0.39, 0.29) is 0 Å². The molecular weight excluding hydrogens is 244 g/mol. The third-order valence-electron chi connectivity index (χ3n) is 2.92. The maximum absolute atomic E-state index is 4.40. The summed E-state index contributed by atoms with van der Waals surface area (Å²) in [5.41, 5.74) is 1.17. The fourth-order valence-corrected chi connectivity index (χ4v) is 2.79. The van der Waals surface area contributed by atoms with Gasteiger partial charge >= 0.3 is 0 Å². The summed E-state index contributed by atoms with van der Waals surface area (Å²) in [4.78, 5) is 4.40. The molecule has 0 atom stereocenters. The van der Waals surface area contributed by atoms with Gasteiger partial charge in [-0.05, 0) is 30.5 Å². The van der Waals surface area contributed by atoms with Crippen LogP contribution in [0.4, 0.5) is 5.82 Å². The number of nitrogens with one attached hydrogen (secondary N) is 1. The molecule has 3 rings (SSSR count). The molecule has 4 nitrogen and oxygen atoms in total. The third-order valence-corrected chi connectivity index (χ3v) is 3.80. The molecule has 0 radical (unpaired) electrons. The summed E-state index contributed by atoms with van der Waals surface area (Å²) < 4.78 is 3.25. The summed E-state index contributed by atoms with van der Waals surface area (Å²) in [5, 5.41) is 10.9. The van der Waals surface area contributed by atoms with Crippen molar-refractivity contribution in [2.45, 2.75) is 20.0 Å². The van der Waals surface area contributed by atoms with Crippen LogP contribution in [-0.4, -0.2) is 14.8 Å². The van der Waals surface area contributed by atoms with E-state index < -0.39 is 0 Å². The van der Waals surface area contributed by atoms with E-state index in [4.69, 9.17) is 0 Å². The van der Waals surface area contributed by atoms with Gasteiger partial charge in [-0.2, -0.15) is 5.10 Å². The quantitative estimate of drug-likeness (QED) is 0.782. The van der Waals surface area contributed by atoms with Crippen molar-refractivity contribution in [1.29, 1.82) is 0 Å². The number of hydrogen-bond donors (Lipinski definition) is 1. The average Bonchev–Trinajstić information content (AvgIpc) is 3.04. The fraction of sp³-hybridized carbons (Fsp3) is 0.231. The standard InChI is InChI=1S/C13H14N4S/c1-2-17-10(3-7-16-17)9-15-13-11-5-8-18-12(11)4-6-14-13/h3-8H,2,9H2,1H3,(H,14,15). The molecule has 3 aromatic rings. The second kappa shape index (κ2) is 4.78. The molecule has 0 aliphatic rings. The molecule has 0 amide bonds. The lowest BCUT2D eigenvalue weighted by Gasteiger charge is -2.08. The lowest BCUT2D eigenvalue weighted by Crippen LogP contribution is -2.08. The number of hydrogen-bond acceptors (Lipinski definition) is 4. The number of aromatic nitrogens is 3. The Balaban J connectivity index is 1.83. The molecular formula is C13H14N4S. The van der Waals surface area contributed by atoms with Crippen LogP contribution in [0.3, 0.4) is 0 Å². The van der Waals surface area contributed by atoms with Crippen molar-refractivity contribution >= 4 is 27.2 Å². The SMILES string of the molecule is CCn1nccc1CNc1nccc2sccc12. The van der Waals surface area contributed by atoms with Crippen LogP contribution in [0.25, 0.3) is 10.1 Å². The van der Waals surface area contributed by atoms with Crippen molar-refractivity contribution in [3.8, 4) is 0 Å². The van der Waals surface area contributed by atoms with Crippen molar-refractivity contribution in [2.75, 3.05) is 5.32 Å². The molecule has 3 heterocycles. The number of aryl methyl sites for hydroxylation is 1. The van der Waals surface area contributed by atoms with Crippen LogP contribution >= 0.6 is 11.3 Å². The zero-order valence-electron chi connectivity index (χ0n) is 10.1. The Labute approximate surface area is 109 Å². The second-order valence-corrected chi connectivity index (χ2v) is 4.93. The van der Waals surface area contributed by atoms with E-state index in [1.165, 1.54) is 15.8 Å². The van der Waals surface area contributed by atoms with Gasteiger partial charge in [-0.25, -0.2) is 4.98 Å². The van der Waals surface area contributed by atoms with Crippen LogP contribution in [0, 0.1) is 0 Å². The van der Waals surface area contributed by atoms with E-state index in [1.807, 2.05) is 29.2 Å². The molecule has 0 saturated carbocycles. The largest absolute Gasteiger partial charge is 0.364 e. The molecule has 0 aromatic carbocycles. The van der Waals surface area contributed by atoms with Crippen molar-refractivity contribution in [2.24, 2.45) is 0 Å². The van der Waals surface area contributed by atoms with E-state index in [0.717, 1.165) is 18.9 Å². The molecule has 18 heavy (non-hydrogen) atoms. The molecule has 3 aromatic heterocycles. The fourth-order valence-electron chi connectivity index (χ4n) is 2.00. The van der Waals surface area contributed by atoms with Gasteiger partial charge in [0.1, 0.15) is 5.82 Å². The summed E-state index contributed by atoms with van der Waals surface area (Å²) in [6, 6.07) is 6.18. The Kier molecular flexibility index (Phi) is 2.98. The molecule has 0 saturated heterocycles. The first-order chi connectivity index (χ1) is 8.88. The van der Waals surface area contributed by atoms with Crippen LogP contribution in [0.1, 0.15) is 12.6 Å². The third kappa shape index (κ3) is 1.97. The summed E-state index contributed by atoms with van der Waals surface area (Å²) in [6.07, 6.45) is 3.68. The molecule has 0 aliphatic carbocycles. The maximum atomic E-state index is 4.40. The minimum Gasteiger partial charge on any atom is -0.364 e. The normalized spacial score (nSPS) is 10.9. The van der Waals surface area contributed by atoms with Crippen LogP contribution < -0.4 is 5.32 Å². The molecule has 92 valence electrons. The van der Waals surface area contributed by atoms with Gasteiger partial charge in [0.25, 0.3) is 0 Å². The van der Waals surface area contributed by atoms with Crippen molar-refractivity contribution in [1.82, 2.24) is 14.8 Å². The highest BCUT2D eigenvalue weighted by molar-refractivity contribution is 7.17. The minimum atomic E-state index is 0.746. The van der Waals surface area contributed by atoms with Crippen molar-refractivity contribution in [3.05, 3.63) is 41.7 Å². The highest BCUT2D eigenvalue weighted by Gasteiger charge is 2.05. The molecule has 0 bridgehead atoms. The van der Waals surface area contributed by atoms with Gasteiger partial charge in [0.05, 0.1) is 12.2 Å². The first-order valence-corrected chi connectivity index (χ1v) is 6.83. The van der Waals surface area contributed by atoms with E-state index in [1.54, 1.807) is 11.3 Å². The van der Waals surface area contributed by atoms with Gasteiger partial charge < -0.3 is 5.32 Å². The van der Waals surface area contributed by atoms with Gasteiger partial charge in [0.15, 0.2) is 0 Å². The van der Waals surface area contributed by atoms with Gasteiger partial charge in [-0.1, -0.05) is 0 Å². The van der Waals surface area contributed by atoms with Gasteiger partial charge in [-0.3, -0.25) is 4.68 Å². The summed E-state index contributed by atoms with van der Waals surface area (Å²) in [5.74, 6) is 0.942. The first kappa shape index (κ1) is 11.2. The zero-order chi connectivity index (χ0) is 12.4. The first-order valence-electron chi connectivity index (χ1n) is 5.95. The van der Waals surface area contributed by atoms with Crippen LogP contribution in [0.2, 0.25) is 0 Å².